The molecule has 1 aliphatic carbocycles. The van der Waals surface area contributed by atoms with Crippen molar-refractivity contribution in [2.24, 2.45) is 5.92 Å². The van der Waals surface area contributed by atoms with Gasteiger partial charge in [0.05, 0.1) is 11.6 Å². The van der Waals surface area contributed by atoms with Gasteiger partial charge in [-0.15, -0.1) is 0 Å². The molecular formula is C16H24OP+. The van der Waals surface area contributed by atoms with Crippen molar-refractivity contribution in [3.05, 3.63) is 35.9 Å². The Kier molecular flexibility index (Phi) is 4.22. The maximum absolute atomic E-state index is 12.7. The third-order valence-electron chi connectivity index (χ3n) is 4.12. The molecule has 98 valence electrons. The summed E-state index contributed by atoms with van der Waals surface area (Å²) < 4.78 is 0. The van der Waals surface area contributed by atoms with Gasteiger partial charge in [-0.25, -0.2) is 0 Å². The van der Waals surface area contributed by atoms with Crippen molar-refractivity contribution in [1.29, 1.82) is 0 Å². The molecule has 0 spiro atoms. The van der Waals surface area contributed by atoms with Gasteiger partial charge in [-0.2, -0.15) is 0 Å². The maximum atomic E-state index is 12.7. The van der Waals surface area contributed by atoms with Gasteiger partial charge in [0.15, 0.2) is 5.78 Å². The standard InChI is InChI=1S/C16H24OP/c1-18(2,3)15-12-8-7-11-14(15)16(17)13-9-5-4-6-10-13/h4-6,9-10,14-15H,7-8,11-12H2,1-3H3/q+1. The van der Waals surface area contributed by atoms with E-state index in [0.29, 0.717) is 11.4 Å². The Bertz CT molecular complexity index is 405. The highest BCUT2D eigenvalue weighted by Crippen LogP contribution is 2.59. The first-order valence-electron chi connectivity index (χ1n) is 6.90. The molecule has 1 fully saturated rings. The summed E-state index contributed by atoms with van der Waals surface area (Å²) in [4.78, 5) is 12.7. The van der Waals surface area contributed by atoms with E-state index in [9.17, 15) is 4.79 Å². The molecule has 1 aliphatic rings. The van der Waals surface area contributed by atoms with Crippen molar-refractivity contribution in [2.45, 2.75) is 31.3 Å². The molecular weight excluding hydrogens is 239 g/mol. The van der Waals surface area contributed by atoms with Gasteiger partial charge in [0.25, 0.3) is 0 Å². The lowest BCUT2D eigenvalue weighted by molar-refractivity contribution is 0.0893. The summed E-state index contributed by atoms with van der Waals surface area (Å²) in [6.45, 7) is 7.15. The number of hydrogen-bond donors (Lipinski definition) is 0. The van der Waals surface area contributed by atoms with Crippen molar-refractivity contribution in [1.82, 2.24) is 0 Å². The van der Waals surface area contributed by atoms with Crippen LogP contribution in [0.3, 0.4) is 0 Å². The first-order valence-corrected chi connectivity index (χ1v) is 10.1. The molecule has 0 amide bonds. The molecule has 0 aromatic heterocycles. The lowest BCUT2D eigenvalue weighted by atomic mass is 9.83. The average Bonchev–Trinajstić information content (AvgIpc) is 2.38. The molecule has 0 N–H and O–H groups in total. The molecule has 18 heavy (non-hydrogen) atoms. The van der Waals surface area contributed by atoms with E-state index in [2.05, 4.69) is 20.0 Å². The zero-order chi connectivity index (χ0) is 13.2. The average molecular weight is 263 g/mol. The minimum atomic E-state index is -0.942. The van der Waals surface area contributed by atoms with Gasteiger partial charge in [0.1, 0.15) is 0 Å². The minimum Gasteiger partial charge on any atom is -0.294 e. The van der Waals surface area contributed by atoms with Crippen molar-refractivity contribution < 1.29 is 4.79 Å². The normalized spacial score (nSPS) is 24.8. The number of Topliss-reactive ketones (excluding diaryl/α,β-unsaturated/α-hetero) is 1. The fraction of sp³-hybridized carbons (Fsp3) is 0.562. The number of hydrogen-bond acceptors (Lipinski definition) is 1. The predicted octanol–water partition coefficient (Wildman–Crippen LogP) is 4.34. The van der Waals surface area contributed by atoms with Crippen LogP contribution in [0.5, 0.6) is 0 Å². The van der Waals surface area contributed by atoms with Gasteiger partial charge in [-0.05, 0) is 19.3 Å². The molecule has 1 nitrogen and oxygen atoms in total. The van der Waals surface area contributed by atoms with Gasteiger partial charge in [0.2, 0.25) is 0 Å². The highest BCUT2D eigenvalue weighted by molar-refractivity contribution is 7.74. The monoisotopic (exact) mass is 263 g/mol. The zero-order valence-corrected chi connectivity index (χ0v) is 12.6. The molecule has 0 radical (unpaired) electrons. The summed E-state index contributed by atoms with van der Waals surface area (Å²) in [6, 6.07) is 9.85. The summed E-state index contributed by atoms with van der Waals surface area (Å²) in [7, 11) is -0.942. The number of benzene rings is 1. The smallest absolute Gasteiger partial charge is 0.169 e. The highest BCUT2D eigenvalue weighted by atomic mass is 31.2. The van der Waals surface area contributed by atoms with Gasteiger partial charge in [0, 0.05) is 32.8 Å². The highest BCUT2D eigenvalue weighted by Gasteiger charge is 2.42. The van der Waals surface area contributed by atoms with E-state index in [1.165, 1.54) is 19.3 Å². The zero-order valence-electron chi connectivity index (χ0n) is 11.7. The SMILES string of the molecule is C[P+](C)(C)C1CCCCC1C(=O)c1ccccc1. The minimum absolute atomic E-state index is 0.273. The number of ketones is 1. The van der Waals surface area contributed by atoms with Gasteiger partial charge in [-0.3, -0.25) is 4.79 Å². The Morgan fingerprint density at radius 2 is 1.67 bits per heavy atom. The molecule has 1 aromatic carbocycles. The number of carbonyl (C=O) groups is 1. The third-order valence-corrected chi connectivity index (χ3v) is 6.73. The van der Waals surface area contributed by atoms with Crippen molar-refractivity contribution >= 4 is 13.0 Å². The van der Waals surface area contributed by atoms with E-state index in [1.807, 2.05) is 30.3 Å². The molecule has 2 heteroatoms. The molecule has 1 saturated carbocycles. The van der Waals surface area contributed by atoms with E-state index in [1.54, 1.807) is 0 Å². The van der Waals surface area contributed by atoms with Crippen LogP contribution in [0.1, 0.15) is 36.0 Å². The second-order valence-electron chi connectivity index (χ2n) is 6.30. The molecule has 2 rings (SSSR count). The van der Waals surface area contributed by atoms with E-state index >= 15 is 0 Å². The van der Waals surface area contributed by atoms with E-state index in [0.717, 1.165) is 12.0 Å². The van der Waals surface area contributed by atoms with Crippen LogP contribution in [0, 0.1) is 5.92 Å². The number of carbonyl (C=O) groups excluding carboxylic acids is 1. The van der Waals surface area contributed by atoms with Crippen LogP contribution in [-0.2, 0) is 0 Å². The van der Waals surface area contributed by atoms with Crippen LogP contribution in [0.15, 0.2) is 30.3 Å². The van der Waals surface area contributed by atoms with Gasteiger partial charge < -0.3 is 0 Å². The molecule has 0 saturated heterocycles. The molecule has 1 aromatic rings. The fourth-order valence-electron chi connectivity index (χ4n) is 3.16. The first kappa shape index (κ1) is 13.7. The van der Waals surface area contributed by atoms with Crippen LogP contribution in [0.2, 0.25) is 0 Å². The lowest BCUT2D eigenvalue weighted by Crippen LogP contribution is -2.33. The predicted molar refractivity (Wildman–Crippen MR) is 81.2 cm³/mol. The molecule has 0 aliphatic heterocycles. The maximum Gasteiger partial charge on any atom is 0.169 e. The van der Waals surface area contributed by atoms with Crippen LogP contribution in [0.4, 0.5) is 0 Å². The van der Waals surface area contributed by atoms with E-state index in [-0.39, 0.29) is 5.92 Å². The molecule has 0 bridgehead atoms. The van der Waals surface area contributed by atoms with Crippen LogP contribution < -0.4 is 0 Å². The van der Waals surface area contributed by atoms with Gasteiger partial charge >= 0.3 is 0 Å². The quantitative estimate of drug-likeness (QED) is 0.586. The van der Waals surface area contributed by atoms with Crippen molar-refractivity contribution in [2.75, 3.05) is 20.0 Å². The van der Waals surface area contributed by atoms with E-state index < -0.39 is 7.26 Å². The summed E-state index contributed by atoms with van der Waals surface area (Å²) in [5.74, 6) is 0.657. The lowest BCUT2D eigenvalue weighted by Gasteiger charge is -2.34. The number of rotatable bonds is 3. The second-order valence-corrected chi connectivity index (χ2v) is 11.2. The summed E-state index contributed by atoms with van der Waals surface area (Å²) in [5, 5.41) is 0. The summed E-state index contributed by atoms with van der Waals surface area (Å²) in [5.41, 5.74) is 1.54. The Morgan fingerprint density at radius 1 is 1.06 bits per heavy atom. The Morgan fingerprint density at radius 3 is 2.28 bits per heavy atom. The molecule has 2 unspecified atom stereocenters. The summed E-state index contributed by atoms with van der Waals surface area (Å²) in [6.07, 6.45) is 4.87. The van der Waals surface area contributed by atoms with Crippen LogP contribution >= 0.6 is 7.26 Å². The van der Waals surface area contributed by atoms with Crippen molar-refractivity contribution in [3.63, 3.8) is 0 Å². The largest absolute Gasteiger partial charge is 0.294 e. The Hall–Kier alpha value is -0.680. The Balaban J connectivity index is 2.22. The van der Waals surface area contributed by atoms with Crippen molar-refractivity contribution in [3.8, 4) is 0 Å². The van der Waals surface area contributed by atoms with Gasteiger partial charge in [-0.1, -0.05) is 36.8 Å². The van der Waals surface area contributed by atoms with E-state index in [4.69, 9.17) is 0 Å². The second kappa shape index (κ2) is 5.53. The summed E-state index contributed by atoms with van der Waals surface area (Å²) >= 11 is 0. The fourth-order valence-corrected chi connectivity index (χ4v) is 5.48. The van der Waals surface area contributed by atoms with Crippen LogP contribution in [0.25, 0.3) is 0 Å². The first-order chi connectivity index (χ1) is 8.50. The molecule has 2 atom stereocenters. The Labute approximate surface area is 111 Å². The topological polar surface area (TPSA) is 17.1 Å². The molecule has 0 heterocycles. The van der Waals surface area contributed by atoms with Crippen LogP contribution in [-0.4, -0.2) is 31.4 Å². The third kappa shape index (κ3) is 3.01.